The van der Waals surface area contributed by atoms with Gasteiger partial charge in [-0.15, -0.1) is 0 Å². The van der Waals surface area contributed by atoms with Gasteiger partial charge in [0.1, 0.15) is 0 Å². The van der Waals surface area contributed by atoms with E-state index in [1.807, 2.05) is 12.1 Å². The van der Waals surface area contributed by atoms with Gasteiger partial charge in [-0.1, -0.05) is 60.7 Å². The van der Waals surface area contributed by atoms with Gasteiger partial charge in [-0.3, -0.25) is 5.32 Å². The molecular weight excluding hydrogens is 280 g/mol. The van der Waals surface area contributed by atoms with E-state index in [9.17, 15) is 9.90 Å². The molecule has 116 valence electrons. The smallest absolute Gasteiger partial charge is 0.349 e. The lowest BCUT2D eigenvalue weighted by Crippen LogP contribution is -2.45. The summed E-state index contributed by atoms with van der Waals surface area (Å²) in [6.45, 7) is 0.113. The maximum Gasteiger partial charge on any atom is 0.349 e. The van der Waals surface area contributed by atoms with Crippen molar-refractivity contribution in [3.05, 3.63) is 71.8 Å². The van der Waals surface area contributed by atoms with Crippen LogP contribution in [0.4, 0.5) is 0 Å². The molecule has 0 heterocycles. The number of nitrogens with two attached hydrogens (primary N) is 1. The SMILES string of the molecule is CN[C@@H](CN)OC(=O)C(O)(c1ccccc1)c1ccccc1. The van der Waals surface area contributed by atoms with E-state index in [1.165, 1.54) is 0 Å². The molecule has 0 bridgehead atoms. The van der Waals surface area contributed by atoms with Crippen molar-refractivity contribution in [2.24, 2.45) is 5.73 Å². The molecule has 1 atom stereocenters. The highest BCUT2D eigenvalue weighted by Gasteiger charge is 2.42. The van der Waals surface area contributed by atoms with Gasteiger partial charge in [0.05, 0.1) is 0 Å². The van der Waals surface area contributed by atoms with Gasteiger partial charge in [0.2, 0.25) is 5.60 Å². The molecule has 0 spiro atoms. The molecule has 0 saturated heterocycles. The quantitative estimate of drug-likeness (QED) is 0.547. The molecular formula is C17H20N2O3. The van der Waals surface area contributed by atoms with E-state index in [0.29, 0.717) is 11.1 Å². The van der Waals surface area contributed by atoms with Crippen LogP contribution < -0.4 is 11.1 Å². The number of hydrogen-bond donors (Lipinski definition) is 3. The summed E-state index contributed by atoms with van der Waals surface area (Å²) in [6.07, 6.45) is -0.661. The Morgan fingerprint density at radius 3 is 1.95 bits per heavy atom. The third-order valence-corrected chi connectivity index (χ3v) is 3.46. The second-order valence-electron chi connectivity index (χ2n) is 4.86. The first-order valence-electron chi connectivity index (χ1n) is 7.04. The van der Waals surface area contributed by atoms with Crippen LogP contribution in [0.3, 0.4) is 0 Å². The molecule has 22 heavy (non-hydrogen) atoms. The number of hydrogen-bond acceptors (Lipinski definition) is 5. The Hall–Kier alpha value is -2.21. The van der Waals surface area contributed by atoms with E-state index in [-0.39, 0.29) is 6.54 Å². The summed E-state index contributed by atoms with van der Waals surface area (Å²) in [7, 11) is 1.63. The van der Waals surface area contributed by atoms with Gasteiger partial charge < -0.3 is 15.6 Å². The second kappa shape index (κ2) is 7.17. The van der Waals surface area contributed by atoms with Crippen LogP contribution in [0, 0.1) is 0 Å². The van der Waals surface area contributed by atoms with Crippen LogP contribution in [0.15, 0.2) is 60.7 Å². The topological polar surface area (TPSA) is 84.6 Å². The van der Waals surface area contributed by atoms with Crippen molar-refractivity contribution in [2.75, 3.05) is 13.6 Å². The van der Waals surface area contributed by atoms with Gasteiger partial charge in [0.15, 0.2) is 6.23 Å². The Kier molecular flexibility index (Phi) is 5.27. The van der Waals surface area contributed by atoms with E-state index >= 15 is 0 Å². The zero-order valence-corrected chi connectivity index (χ0v) is 12.4. The largest absolute Gasteiger partial charge is 0.443 e. The first-order chi connectivity index (χ1) is 10.6. The maximum absolute atomic E-state index is 12.6. The van der Waals surface area contributed by atoms with Gasteiger partial charge in [0.25, 0.3) is 0 Å². The predicted molar refractivity (Wildman–Crippen MR) is 83.9 cm³/mol. The highest BCUT2D eigenvalue weighted by atomic mass is 16.6. The van der Waals surface area contributed by atoms with Crippen LogP contribution in [0.2, 0.25) is 0 Å². The fourth-order valence-electron chi connectivity index (χ4n) is 2.20. The number of nitrogens with one attached hydrogen (secondary N) is 1. The first kappa shape index (κ1) is 16.2. The molecule has 5 nitrogen and oxygen atoms in total. The molecule has 0 fully saturated rings. The zero-order chi connectivity index (χ0) is 16.0. The summed E-state index contributed by atoms with van der Waals surface area (Å²) in [4.78, 5) is 12.6. The summed E-state index contributed by atoms with van der Waals surface area (Å²) in [5.74, 6) is -0.769. The minimum Gasteiger partial charge on any atom is -0.443 e. The molecule has 2 aromatic rings. The average Bonchev–Trinajstić information content (AvgIpc) is 2.60. The molecule has 0 aromatic heterocycles. The number of rotatable bonds is 6. The fraction of sp³-hybridized carbons (Fsp3) is 0.235. The Labute approximate surface area is 129 Å². The number of benzene rings is 2. The molecule has 0 amide bonds. The van der Waals surface area contributed by atoms with E-state index in [4.69, 9.17) is 10.5 Å². The van der Waals surface area contributed by atoms with Crippen LogP contribution in [0.25, 0.3) is 0 Å². The second-order valence-corrected chi connectivity index (χ2v) is 4.86. The summed E-state index contributed by atoms with van der Waals surface area (Å²) in [6, 6.07) is 17.4. The van der Waals surface area contributed by atoms with Crippen molar-refractivity contribution < 1.29 is 14.6 Å². The summed E-state index contributed by atoms with van der Waals surface area (Å²) in [5.41, 5.74) is 4.53. The van der Waals surface area contributed by atoms with Crippen molar-refractivity contribution in [2.45, 2.75) is 11.8 Å². The fourth-order valence-corrected chi connectivity index (χ4v) is 2.20. The highest BCUT2D eigenvalue weighted by molar-refractivity contribution is 5.85. The average molecular weight is 300 g/mol. The normalized spacial score (nSPS) is 12.7. The predicted octanol–water partition coefficient (Wildman–Crippen LogP) is 0.970. The van der Waals surface area contributed by atoms with E-state index in [0.717, 1.165) is 0 Å². The third-order valence-electron chi connectivity index (χ3n) is 3.46. The number of ether oxygens (including phenoxy) is 1. The van der Waals surface area contributed by atoms with Crippen molar-refractivity contribution in [1.29, 1.82) is 0 Å². The van der Waals surface area contributed by atoms with Gasteiger partial charge >= 0.3 is 5.97 Å². The molecule has 4 N–H and O–H groups in total. The van der Waals surface area contributed by atoms with Crippen molar-refractivity contribution in [3.8, 4) is 0 Å². The van der Waals surface area contributed by atoms with Crippen molar-refractivity contribution >= 4 is 5.97 Å². The van der Waals surface area contributed by atoms with Crippen molar-refractivity contribution in [1.82, 2.24) is 5.32 Å². The van der Waals surface area contributed by atoms with Crippen LogP contribution in [-0.2, 0) is 15.1 Å². The Bertz CT molecular complexity index is 558. The summed E-state index contributed by atoms with van der Waals surface area (Å²) in [5, 5.41) is 13.9. The molecule has 2 rings (SSSR count). The minimum atomic E-state index is -1.88. The Morgan fingerprint density at radius 1 is 1.14 bits per heavy atom. The van der Waals surface area contributed by atoms with Crippen LogP contribution in [0.1, 0.15) is 11.1 Å². The van der Waals surface area contributed by atoms with Gasteiger partial charge in [0, 0.05) is 6.54 Å². The summed E-state index contributed by atoms with van der Waals surface area (Å²) >= 11 is 0. The minimum absolute atomic E-state index is 0.113. The lowest BCUT2D eigenvalue weighted by atomic mass is 9.86. The number of likely N-dealkylation sites (N-methyl/N-ethyl adjacent to an activating group) is 1. The van der Waals surface area contributed by atoms with E-state index in [1.54, 1.807) is 55.6 Å². The van der Waals surface area contributed by atoms with Crippen LogP contribution in [0.5, 0.6) is 0 Å². The number of carbonyl (C=O) groups excluding carboxylic acids is 1. The molecule has 2 aromatic carbocycles. The zero-order valence-electron chi connectivity index (χ0n) is 12.4. The third kappa shape index (κ3) is 3.17. The van der Waals surface area contributed by atoms with Gasteiger partial charge in [-0.25, -0.2) is 4.79 Å². The monoisotopic (exact) mass is 300 g/mol. The van der Waals surface area contributed by atoms with Crippen LogP contribution in [-0.4, -0.2) is 30.9 Å². The maximum atomic E-state index is 12.6. The number of carbonyl (C=O) groups is 1. The molecule has 0 radical (unpaired) electrons. The van der Waals surface area contributed by atoms with Gasteiger partial charge in [-0.2, -0.15) is 0 Å². The summed E-state index contributed by atoms with van der Waals surface area (Å²) < 4.78 is 5.30. The lowest BCUT2D eigenvalue weighted by molar-refractivity contribution is -0.168. The molecule has 0 aliphatic rings. The molecule has 5 heteroatoms. The Morgan fingerprint density at radius 2 is 1.59 bits per heavy atom. The molecule has 0 unspecified atom stereocenters. The molecule has 0 aliphatic heterocycles. The van der Waals surface area contributed by atoms with Gasteiger partial charge in [-0.05, 0) is 18.2 Å². The highest BCUT2D eigenvalue weighted by Crippen LogP contribution is 2.31. The lowest BCUT2D eigenvalue weighted by Gasteiger charge is -2.29. The number of aliphatic hydroxyl groups is 1. The molecule has 0 saturated carbocycles. The van der Waals surface area contributed by atoms with E-state index in [2.05, 4.69) is 5.32 Å². The van der Waals surface area contributed by atoms with Crippen molar-refractivity contribution in [3.63, 3.8) is 0 Å². The molecule has 0 aliphatic carbocycles. The van der Waals surface area contributed by atoms with E-state index < -0.39 is 17.8 Å². The first-order valence-corrected chi connectivity index (χ1v) is 7.04. The number of esters is 1. The Balaban J connectivity index is 2.45. The van der Waals surface area contributed by atoms with Crippen LogP contribution >= 0.6 is 0 Å². The standard InChI is InChI=1S/C17H20N2O3/c1-19-15(12-18)22-16(20)17(21,13-8-4-2-5-9-13)14-10-6-3-7-11-14/h2-11,15,19,21H,12,18H2,1H3/t15-/m1/s1.